The van der Waals surface area contributed by atoms with Crippen molar-refractivity contribution in [3.8, 4) is 6.07 Å². The van der Waals surface area contributed by atoms with Crippen LogP contribution < -0.4 is 5.32 Å². The van der Waals surface area contributed by atoms with E-state index in [2.05, 4.69) is 11.4 Å². The first-order chi connectivity index (χ1) is 8.31. The van der Waals surface area contributed by atoms with Crippen molar-refractivity contribution in [2.45, 2.75) is 6.54 Å². The summed E-state index contributed by atoms with van der Waals surface area (Å²) in [4.78, 5) is 0. The minimum atomic E-state index is 0.591. The lowest BCUT2D eigenvalue weighted by Gasteiger charge is -2.09. The zero-order valence-corrected chi connectivity index (χ0v) is 9.91. The van der Waals surface area contributed by atoms with Crippen LogP contribution in [0.1, 0.15) is 11.1 Å². The van der Waals surface area contributed by atoms with Crippen molar-refractivity contribution in [3.05, 3.63) is 64.7 Å². The molecule has 0 fully saturated rings. The Morgan fingerprint density at radius 1 is 1.06 bits per heavy atom. The highest BCUT2D eigenvalue weighted by molar-refractivity contribution is 6.33. The molecule has 17 heavy (non-hydrogen) atoms. The summed E-state index contributed by atoms with van der Waals surface area (Å²) < 4.78 is 0. The molecule has 0 unspecified atom stereocenters. The van der Waals surface area contributed by atoms with Gasteiger partial charge in [0.15, 0.2) is 0 Å². The summed E-state index contributed by atoms with van der Waals surface area (Å²) in [5.74, 6) is 0. The van der Waals surface area contributed by atoms with Gasteiger partial charge in [-0.15, -0.1) is 0 Å². The molecule has 0 spiro atoms. The second-order valence-electron chi connectivity index (χ2n) is 3.60. The first kappa shape index (κ1) is 11.5. The Morgan fingerprint density at radius 3 is 2.53 bits per heavy atom. The maximum atomic E-state index is 8.97. The zero-order chi connectivity index (χ0) is 12.1. The first-order valence-electron chi connectivity index (χ1n) is 5.27. The minimum Gasteiger partial charge on any atom is -0.380 e. The van der Waals surface area contributed by atoms with E-state index in [4.69, 9.17) is 16.9 Å². The first-order valence-corrected chi connectivity index (χ1v) is 5.65. The number of anilines is 1. The summed E-state index contributed by atoms with van der Waals surface area (Å²) in [6, 6.07) is 17.2. The van der Waals surface area contributed by atoms with Crippen LogP contribution in [0.4, 0.5) is 5.69 Å². The maximum absolute atomic E-state index is 8.97. The molecule has 1 N–H and O–H groups in total. The van der Waals surface area contributed by atoms with Gasteiger partial charge in [-0.05, 0) is 23.8 Å². The van der Waals surface area contributed by atoms with Crippen molar-refractivity contribution >= 4 is 17.3 Å². The fraction of sp³-hybridized carbons (Fsp3) is 0.0714. The molecule has 0 bridgehead atoms. The van der Waals surface area contributed by atoms with E-state index in [1.807, 2.05) is 48.5 Å². The number of rotatable bonds is 3. The van der Waals surface area contributed by atoms with Crippen LogP contribution in [0, 0.1) is 11.3 Å². The number of nitrogens with one attached hydrogen (secondary N) is 1. The molecule has 0 saturated heterocycles. The molecule has 2 aromatic carbocycles. The van der Waals surface area contributed by atoms with Gasteiger partial charge in [-0.2, -0.15) is 5.26 Å². The number of hydrogen-bond donors (Lipinski definition) is 1. The van der Waals surface area contributed by atoms with Gasteiger partial charge < -0.3 is 5.32 Å². The maximum Gasteiger partial charge on any atom is 0.0995 e. The summed E-state index contributed by atoms with van der Waals surface area (Å²) in [6.07, 6.45) is 0. The van der Waals surface area contributed by atoms with Crippen LogP contribution in [0.3, 0.4) is 0 Å². The van der Waals surface area contributed by atoms with E-state index in [0.717, 1.165) is 11.3 Å². The average Bonchev–Trinajstić information content (AvgIpc) is 2.38. The van der Waals surface area contributed by atoms with E-state index in [-0.39, 0.29) is 0 Å². The van der Waals surface area contributed by atoms with Gasteiger partial charge in [-0.1, -0.05) is 41.9 Å². The largest absolute Gasteiger partial charge is 0.380 e. The van der Waals surface area contributed by atoms with Crippen LogP contribution >= 0.6 is 11.6 Å². The molecule has 2 aromatic rings. The van der Waals surface area contributed by atoms with Gasteiger partial charge >= 0.3 is 0 Å². The van der Waals surface area contributed by atoms with E-state index in [1.54, 1.807) is 0 Å². The van der Waals surface area contributed by atoms with Gasteiger partial charge in [0.2, 0.25) is 0 Å². The van der Waals surface area contributed by atoms with Crippen molar-refractivity contribution in [1.29, 1.82) is 5.26 Å². The van der Waals surface area contributed by atoms with E-state index < -0.39 is 0 Å². The Labute approximate surface area is 105 Å². The number of para-hydroxylation sites is 1. The summed E-state index contributed by atoms with van der Waals surface area (Å²) >= 11 is 6.04. The molecule has 2 rings (SSSR count). The Kier molecular flexibility index (Phi) is 3.64. The molecule has 0 atom stereocenters. The highest BCUT2D eigenvalue weighted by Crippen LogP contribution is 2.21. The summed E-state index contributed by atoms with van der Waals surface area (Å²) in [7, 11) is 0. The van der Waals surface area contributed by atoms with Gasteiger partial charge in [0, 0.05) is 6.54 Å². The second kappa shape index (κ2) is 5.38. The van der Waals surface area contributed by atoms with E-state index in [0.29, 0.717) is 17.1 Å². The van der Waals surface area contributed by atoms with Crippen LogP contribution in [-0.2, 0) is 6.54 Å². The Bertz CT molecular complexity index is 558. The lowest BCUT2D eigenvalue weighted by atomic mass is 10.1. The van der Waals surface area contributed by atoms with Crippen LogP contribution in [-0.4, -0.2) is 0 Å². The van der Waals surface area contributed by atoms with Crippen LogP contribution in [0.2, 0.25) is 5.02 Å². The smallest absolute Gasteiger partial charge is 0.0995 e. The minimum absolute atomic E-state index is 0.591. The number of nitrogens with zero attached hydrogens (tertiary/aromatic N) is 1. The number of benzene rings is 2. The molecular formula is C14H11ClN2. The van der Waals surface area contributed by atoms with E-state index in [1.165, 1.54) is 0 Å². The van der Waals surface area contributed by atoms with Gasteiger partial charge in [0.05, 0.1) is 22.3 Å². The lowest BCUT2D eigenvalue weighted by Crippen LogP contribution is -2.01. The highest BCUT2D eigenvalue weighted by Gasteiger charge is 2.02. The van der Waals surface area contributed by atoms with Crippen molar-refractivity contribution in [2.24, 2.45) is 0 Å². The molecule has 84 valence electrons. The Morgan fingerprint density at radius 2 is 1.76 bits per heavy atom. The number of halogens is 1. The topological polar surface area (TPSA) is 35.8 Å². The molecule has 0 aliphatic heterocycles. The zero-order valence-electron chi connectivity index (χ0n) is 9.15. The Hall–Kier alpha value is -1.98. The predicted octanol–water partition coefficient (Wildman–Crippen LogP) is 3.82. The van der Waals surface area contributed by atoms with Gasteiger partial charge in [-0.25, -0.2) is 0 Å². The number of hydrogen-bond acceptors (Lipinski definition) is 2. The molecule has 0 saturated carbocycles. The van der Waals surface area contributed by atoms with E-state index >= 15 is 0 Å². The van der Waals surface area contributed by atoms with Crippen molar-refractivity contribution < 1.29 is 0 Å². The summed E-state index contributed by atoms with van der Waals surface area (Å²) in [5.41, 5.74) is 2.53. The van der Waals surface area contributed by atoms with Crippen LogP contribution in [0.5, 0.6) is 0 Å². The third kappa shape index (κ3) is 2.77. The second-order valence-corrected chi connectivity index (χ2v) is 4.01. The quantitative estimate of drug-likeness (QED) is 0.888. The monoisotopic (exact) mass is 242 g/mol. The average molecular weight is 243 g/mol. The van der Waals surface area contributed by atoms with Crippen LogP contribution in [0.25, 0.3) is 0 Å². The van der Waals surface area contributed by atoms with Crippen molar-refractivity contribution in [1.82, 2.24) is 0 Å². The molecule has 0 aliphatic carbocycles. The molecule has 0 heterocycles. The normalized spacial score (nSPS) is 9.65. The van der Waals surface area contributed by atoms with Gasteiger partial charge in [0.25, 0.3) is 0 Å². The van der Waals surface area contributed by atoms with E-state index in [9.17, 15) is 0 Å². The molecule has 0 radical (unpaired) electrons. The third-order valence-electron chi connectivity index (χ3n) is 2.48. The van der Waals surface area contributed by atoms with Crippen LogP contribution in [0.15, 0.2) is 48.5 Å². The van der Waals surface area contributed by atoms with Crippen molar-refractivity contribution in [3.63, 3.8) is 0 Å². The lowest BCUT2D eigenvalue weighted by molar-refractivity contribution is 1.14. The number of nitriles is 1. The fourth-order valence-corrected chi connectivity index (χ4v) is 1.78. The molecule has 0 aliphatic rings. The molecule has 3 heteroatoms. The van der Waals surface area contributed by atoms with Crippen molar-refractivity contribution in [2.75, 3.05) is 5.32 Å². The predicted molar refractivity (Wildman–Crippen MR) is 69.9 cm³/mol. The summed E-state index contributed by atoms with van der Waals surface area (Å²) in [6.45, 7) is 0.591. The Balaban J connectivity index is 2.13. The molecule has 0 amide bonds. The third-order valence-corrected chi connectivity index (χ3v) is 2.81. The highest BCUT2D eigenvalue weighted by atomic mass is 35.5. The van der Waals surface area contributed by atoms with Gasteiger partial charge in [0.1, 0.15) is 0 Å². The summed E-state index contributed by atoms with van der Waals surface area (Å²) in [5, 5.41) is 12.9. The fourth-order valence-electron chi connectivity index (χ4n) is 1.58. The SMILES string of the molecule is N#Cc1ccccc1CNc1ccccc1Cl. The molecule has 2 nitrogen and oxygen atoms in total. The van der Waals surface area contributed by atoms with Gasteiger partial charge in [-0.3, -0.25) is 0 Å². The molecule has 0 aromatic heterocycles. The standard InChI is InChI=1S/C14H11ClN2/c15-13-7-3-4-8-14(13)17-10-12-6-2-1-5-11(12)9-16/h1-8,17H,10H2. The molecular weight excluding hydrogens is 232 g/mol.